The van der Waals surface area contributed by atoms with Crippen molar-refractivity contribution < 1.29 is 13.2 Å². The van der Waals surface area contributed by atoms with Gasteiger partial charge in [-0.2, -0.15) is 4.31 Å². The lowest BCUT2D eigenvalue weighted by molar-refractivity contribution is 0.0933. The zero-order valence-electron chi connectivity index (χ0n) is 15.9. The molecular formula is C21H26N2O3S2. The van der Waals surface area contributed by atoms with Crippen molar-refractivity contribution in [2.45, 2.75) is 62.4 Å². The van der Waals surface area contributed by atoms with Crippen molar-refractivity contribution in [2.24, 2.45) is 0 Å². The average Bonchev–Trinajstić information content (AvgIpc) is 3.03. The van der Waals surface area contributed by atoms with Crippen molar-refractivity contribution in [3.63, 3.8) is 0 Å². The maximum atomic E-state index is 13.1. The van der Waals surface area contributed by atoms with Crippen LogP contribution >= 0.6 is 11.3 Å². The number of nitrogens with one attached hydrogen (secondary N) is 1. The molecule has 1 N–H and O–H groups in total. The van der Waals surface area contributed by atoms with Crippen LogP contribution in [0.4, 0.5) is 0 Å². The first-order valence-electron chi connectivity index (χ1n) is 10.0. The van der Waals surface area contributed by atoms with E-state index < -0.39 is 10.0 Å². The summed E-state index contributed by atoms with van der Waals surface area (Å²) in [5.41, 5.74) is 1.50. The molecule has 2 aliphatic rings. The Bertz CT molecular complexity index is 944. The molecule has 0 spiro atoms. The first kappa shape index (κ1) is 19.6. The molecule has 5 nitrogen and oxygen atoms in total. The lowest BCUT2D eigenvalue weighted by Crippen LogP contribution is -2.36. The summed E-state index contributed by atoms with van der Waals surface area (Å²) in [6.45, 7) is 0.883. The van der Waals surface area contributed by atoms with E-state index in [1.165, 1.54) is 28.1 Å². The van der Waals surface area contributed by atoms with Gasteiger partial charge in [-0.15, -0.1) is 11.3 Å². The third kappa shape index (κ3) is 4.16. The van der Waals surface area contributed by atoms with Crippen LogP contribution in [0.3, 0.4) is 0 Å². The molecule has 0 bridgehead atoms. The van der Waals surface area contributed by atoms with Gasteiger partial charge in [-0.3, -0.25) is 4.79 Å². The Hall–Kier alpha value is -1.70. The highest BCUT2D eigenvalue weighted by Crippen LogP contribution is 2.28. The third-order valence-corrected chi connectivity index (χ3v) is 8.56. The van der Waals surface area contributed by atoms with Gasteiger partial charge in [0.15, 0.2) is 0 Å². The highest BCUT2D eigenvalue weighted by Gasteiger charge is 2.29. The molecular weight excluding hydrogens is 392 g/mol. The largest absolute Gasteiger partial charge is 0.349 e. The molecule has 4 rings (SSSR count). The van der Waals surface area contributed by atoms with Crippen LogP contribution in [0, 0.1) is 0 Å². The zero-order chi connectivity index (χ0) is 19.6. The lowest BCUT2D eigenvalue weighted by Gasteiger charge is -2.26. The number of carbonyl (C=O) groups excluding carboxylic acids is 1. The van der Waals surface area contributed by atoms with Crippen molar-refractivity contribution in [3.8, 4) is 0 Å². The van der Waals surface area contributed by atoms with Crippen LogP contribution in [0.25, 0.3) is 0 Å². The Morgan fingerprint density at radius 3 is 2.68 bits per heavy atom. The number of thiophene rings is 1. The molecule has 0 radical (unpaired) electrons. The van der Waals surface area contributed by atoms with E-state index in [9.17, 15) is 13.2 Å². The van der Waals surface area contributed by atoms with Crippen molar-refractivity contribution in [1.29, 1.82) is 0 Å². The summed E-state index contributed by atoms with van der Waals surface area (Å²) in [7, 11) is -3.62. The van der Waals surface area contributed by atoms with Gasteiger partial charge in [0.1, 0.15) is 0 Å². The summed E-state index contributed by atoms with van der Waals surface area (Å²) in [6, 6.07) is 8.64. The van der Waals surface area contributed by atoms with Crippen LogP contribution in [0.1, 0.15) is 59.3 Å². The second-order valence-electron chi connectivity index (χ2n) is 7.65. The average molecular weight is 419 g/mol. The van der Waals surface area contributed by atoms with E-state index in [1.807, 2.05) is 11.4 Å². The van der Waals surface area contributed by atoms with Crippen molar-refractivity contribution >= 4 is 27.3 Å². The fourth-order valence-electron chi connectivity index (χ4n) is 4.07. The monoisotopic (exact) mass is 418 g/mol. The molecule has 2 heterocycles. The minimum absolute atomic E-state index is 0.178. The fraction of sp³-hybridized carbons (Fsp3) is 0.476. The van der Waals surface area contributed by atoms with Crippen molar-refractivity contribution in [2.75, 3.05) is 6.54 Å². The Balaban J connectivity index is 1.50. The molecule has 0 unspecified atom stereocenters. The Labute approximate surface area is 170 Å². The van der Waals surface area contributed by atoms with E-state index in [2.05, 4.69) is 5.32 Å². The van der Waals surface area contributed by atoms with Crippen LogP contribution in [0.15, 0.2) is 40.6 Å². The minimum Gasteiger partial charge on any atom is -0.349 e. The van der Waals surface area contributed by atoms with E-state index in [0.29, 0.717) is 18.7 Å². The van der Waals surface area contributed by atoms with Gasteiger partial charge in [-0.05, 0) is 54.5 Å². The first-order valence-corrected chi connectivity index (χ1v) is 12.3. The number of hydrogen-bond acceptors (Lipinski definition) is 4. The topological polar surface area (TPSA) is 66.5 Å². The van der Waals surface area contributed by atoms with E-state index in [1.54, 1.807) is 29.5 Å². The molecule has 0 saturated heterocycles. The smallest absolute Gasteiger partial charge is 0.251 e. The summed E-state index contributed by atoms with van der Waals surface area (Å²) in [5.74, 6) is -0.178. The second-order valence-corrected chi connectivity index (χ2v) is 10.6. The molecule has 1 aliphatic carbocycles. The molecule has 7 heteroatoms. The predicted molar refractivity (Wildman–Crippen MR) is 111 cm³/mol. The molecule has 1 aliphatic heterocycles. The molecule has 28 heavy (non-hydrogen) atoms. The van der Waals surface area contributed by atoms with E-state index in [-0.39, 0.29) is 16.8 Å². The van der Waals surface area contributed by atoms with Crippen molar-refractivity contribution in [1.82, 2.24) is 9.62 Å². The zero-order valence-corrected chi connectivity index (χ0v) is 17.5. The highest BCUT2D eigenvalue weighted by atomic mass is 32.2. The van der Waals surface area contributed by atoms with Crippen LogP contribution in [0.2, 0.25) is 0 Å². The number of hydrogen-bond donors (Lipinski definition) is 1. The number of nitrogens with zero attached hydrogens (tertiary/aromatic N) is 1. The molecule has 1 aromatic carbocycles. The van der Waals surface area contributed by atoms with Crippen molar-refractivity contribution in [3.05, 3.63) is 51.7 Å². The Kier molecular flexibility index (Phi) is 5.85. The van der Waals surface area contributed by atoms with Crippen LogP contribution in [0.5, 0.6) is 0 Å². The van der Waals surface area contributed by atoms with Gasteiger partial charge in [0.2, 0.25) is 10.0 Å². The van der Waals surface area contributed by atoms with Gasteiger partial charge in [0.05, 0.1) is 4.90 Å². The van der Waals surface area contributed by atoms with Crippen LogP contribution in [-0.4, -0.2) is 31.2 Å². The number of carbonyl (C=O) groups is 1. The maximum Gasteiger partial charge on any atom is 0.251 e. The SMILES string of the molecule is O=C(NC1CCCCCC1)c1cccc(S(=O)(=O)N2CCc3sccc3C2)c1. The normalized spacial score (nSPS) is 19.0. The summed E-state index contributed by atoms with van der Waals surface area (Å²) in [5, 5.41) is 5.11. The Morgan fingerprint density at radius 1 is 1.11 bits per heavy atom. The molecule has 1 amide bonds. The summed E-state index contributed by atoms with van der Waals surface area (Å²) >= 11 is 1.68. The molecule has 150 valence electrons. The Morgan fingerprint density at radius 2 is 1.89 bits per heavy atom. The number of benzene rings is 1. The number of sulfonamides is 1. The quantitative estimate of drug-likeness (QED) is 0.765. The van der Waals surface area contributed by atoms with Gasteiger partial charge in [0, 0.05) is 29.6 Å². The predicted octanol–water partition coefficient (Wildman–Crippen LogP) is 3.95. The molecule has 2 aromatic rings. The highest BCUT2D eigenvalue weighted by molar-refractivity contribution is 7.89. The van der Waals surface area contributed by atoms with Gasteiger partial charge in [0.25, 0.3) is 5.91 Å². The van der Waals surface area contributed by atoms with E-state index in [4.69, 9.17) is 0 Å². The summed E-state index contributed by atoms with van der Waals surface area (Å²) < 4.78 is 27.8. The fourth-order valence-corrected chi connectivity index (χ4v) is 6.42. The number of rotatable bonds is 4. The third-order valence-electron chi connectivity index (χ3n) is 5.70. The second kappa shape index (κ2) is 8.35. The van der Waals surface area contributed by atoms with Crippen LogP contribution < -0.4 is 5.32 Å². The summed E-state index contributed by atoms with van der Waals surface area (Å²) in [6.07, 6.45) is 7.47. The number of fused-ring (bicyclic) bond motifs is 1. The summed E-state index contributed by atoms with van der Waals surface area (Å²) in [4.78, 5) is 14.2. The first-order chi connectivity index (χ1) is 13.5. The van der Waals surface area contributed by atoms with E-state index in [0.717, 1.165) is 37.7 Å². The molecule has 1 saturated carbocycles. The van der Waals surface area contributed by atoms with Gasteiger partial charge >= 0.3 is 0 Å². The lowest BCUT2D eigenvalue weighted by atomic mass is 10.1. The maximum absolute atomic E-state index is 13.1. The molecule has 1 fully saturated rings. The van der Waals surface area contributed by atoms with Gasteiger partial charge in [-0.25, -0.2) is 8.42 Å². The number of amides is 1. The van der Waals surface area contributed by atoms with Gasteiger partial charge in [-0.1, -0.05) is 31.7 Å². The molecule has 1 aromatic heterocycles. The van der Waals surface area contributed by atoms with E-state index >= 15 is 0 Å². The standard InChI is InChI=1S/C21H26N2O3S2/c24-21(22-18-7-3-1-2-4-8-18)16-6-5-9-19(14-16)28(25,26)23-12-10-20-17(15-23)11-13-27-20/h5-6,9,11,13-14,18H,1-4,7-8,10,12,15H2,(H,22,24). The van der Waals surface area contributed by atoms with Crippen LogP contribution in [-0.2, 0) is 23.0 Å². The molecule has 0 atom stereocenters. The minimum atomic E-state index is -3.62. The van der Waals surface area contributed by atoms with Gasteiger partial charge < -0.3 is 5.32 Å².